The molecule has 0 saturated carbocycles. The van der Waals surface area contributed by atoms with E-state index in [1.54, 1.807) is 12.1 Å². The summed E-state index contributed by atoms with van der Waals surface area (Å²) in [5.41, 5.74) is 1.32. The summed E-state index contributed by atoms with van der Waals surface area (Å²) >= 11 is 0. The number of methoxy groups -OCH3 is 1. The third-order valence-corrected chi connectivity index (χ3v) is 3.20. The minimum atomic E-state index is -0.514. The number of rotatable bonds is 5. The Morgan fingerprint density at radius 2 is 2.09 bits per heavy atom. The standard InChI is InChI=1S/C13H12N4O5/c1-21-9-3-2-7(11-12(9)16-22-15-11)14-8-6-10(19)17(4-5-18)13(8)20/h2-3,6,14,18H,4-5H2,1H3. The third-order valence-electron chi connectivity index (χ3n) is 3.20. The molecular formula is C13H12N4O5. The number of fused-ring (bicyclic) bond motifs is 1. The SMILES string of the molecule is COc1ccc(NC2=CC(=O)N(CCO)C2=O)c2nonc12. The van der Waals surface area contributed by atoms with E-state index in [2.05, 4.69) is 20.3 Å². The number of amides is 2. The van der Waals surface area contributed by atoms with Gasteiger partial charge in [0.2, 0.25) is 0 Å². The van der Waals surface area contributed by atoms with Gasteiger partial charge in [-0.25, -0.2) is 4.63 Å². The summed E-state index contributed by atoms with van der Waals surface area (Å²) in [4.78, 5) is 24.7. The second kappa shape index (κ2) is 5.45. The Balaban J connectivity index is 1.92. The number of imide groups is 1. The quantitative estimate of drug-likeness (QED) is 0.735. The minimum absolute atomic E-state index is 0.0527. The van der Waals surface area contributed by atoms with E-state index in [1.165, 1.54) is 13.2 Å². The van der Waals surface area contributed by atoms with Gasteiger partial charge in [0.15, 0.2) is 16.8 Å². The van der Waals surface area contributed by atoms with Crippen LogP contribution in [0.5, 0.6) is 5.75 Å². The Morgan fingerprint density at radius 1 is 1.32 bits per heavy atom. The molecule has 0 unspecified atom stereocenters. The summed E-state index contributed by atoms with van der Waals surface area (Å²) in [6, 6.07) is 3.28. The van der Waals surface area contributed by atoms with Crippen molar-refractivity contribution < 1.29 is 24.1 Å². The van der Waals surface area contributed by atoms with Crippen molar-refractivity contribution in [3.8, 4) is 5.75 Å². The topological polar surface area (TPSA) is 118 Å². The Labute approximate surface area is 124 Å². The van der Waals surface area contributed by atoms with Crippen LogP contribution >= 0.6 is 0 Å². The maximum atomic E-state index is 12.1. The number of nitrogens with zero attached hydrogens (tertiary/aromatic N) is 3. The molecule has 2 amide bonds. The number of carbonyl (C=O) groups excluding carboxylic acids is 2. The van der Waals surface area contributed by atoms with Gasteiger partial charge in [-0.2, -0.15) is 0 Å². The van der Waals surface area contributed by atoms with Gasteiger partial charge in [0, 0.05) is 6.08 Å². The number of aliphatic hydroxyl groups excluding tert-OH is 1. The highest BCUT2D eigenvalue weighted by Gasteiger charge is 2.31. The zero-order chi connectivity index (χ0) is 15.7. The molecule has 9 nitrogen and oxygen atoms in total. The van der Waals surface area contributed by atoms with E-state index < -0.39 is 11.8 Å². The Morgan fingerprint density at radius 3 is 2.82 bits per heavy atom. The molecule has 0 atom stereocenters. The van der Waals surface area contributed by atoms with E-state index in [4.69, 9.17) is 9.84 Å². The lowest BCUT2D eigenvalue weighted by atomic mass is 10.2. The molecule has 114 valence electrons. The van der Waals surface area contributed by atoms with Crippen LogP contribution < -0.4 is 10.1 Å². The smallest absolute Gasteiger partial charge is 0.277 e. The fourth-order valence-electron chi connectivity index (χ4n) is 2.16. The van der Waals surface area contributed by atoms with Crippen molar-refractivity contribution >= 4 is 28.5 Å². The molecule has 2 N–H and O–H groups in total. The molecule has 1 aromatic heterocycles. The summed E-state index contributed by atoms with van der Waals surface area (Å²) in [5.74, 6) is -0.518. The molecule has 1 aliphatic heterocycles. The number of hydrogen-bond acceptors (Lipinski definition) is 8. The van der Waals surface area contributed by atoms with E-state index in [0.29, 0.717) is 22.5 Å². The highest BCUT2D eigenvalue weighted by atomic mass is 16.6. The molecule has 0 bridgehead atoms. The lowest BCUT2D eigenvalue weighted by molar-refractivity contribution is -0.137. The van der Waals surface area contributed by atoms with E-state index in [1.807, 2.05) is 0 Å². The zero-order valence-corrected chi connectivity index (χ0v) is 11.6. The van der Waals surface area contributed by atoms with Gasteiger partial charge in [-0.3, -0.25) is 14.5 Å². The lowest BCUT2D eigenvalue weighted by Crippen LogP contribution is -2.34. The molecule has 0 aliphatic carbocycles. The molecule has 0 fully saturated rings. The molecule has 9 heteroatoms. The Hall–Kier alpha value is -2.94. The highest BCUT2D eigenvalue weighted by Crippen LogP contribution is 2.30. The fourth-order valence-corrected chi connectivity index (χ4v) is 2.16. The third kappa shape index (κ3) is 2.17. The van der Waals surface area contributed by atoms with Crippen LogP contribution in [-0.4, -0.2) is 52.4 Å². The van der Waals surface area contributed by atoms with Crippen molar-refractivity contribution in [2.45, 2.75) is 0 Å². The van der Waals surface area contributed by atoms with Crippen molar-refractivity contribution in [1.29, 1.82) is 0 Å². The van der Waals surface area contributed by atoms with Crippen molar-refractivity contribution in [2.75, 3.05) is 25.6 Å². The summed E-state index contributed by atoms with van der Waals surface area (Å²) < 4.78 is 9.82. The molecule has 0 saturated heterocycles. The minimum Gasteiger partial charge on any atom is -0.494 e. The van der Waals surface area contributed by atoms with Gasteiger partial charge in [-0.05, 0) is 22.4 Å². The first-order valence-electron chi connectivity index (χ1n) is 6.40. The molecule has 22 heavy (non-hydrogen) atoms. The fraction of sp³-hybridized carbons (Fsp3) is 0.231. The Bertz CT molecular complexity index is 782. The second-order valence-corrected chi connectivity index (χ2v) is 4.48. The number of aromatic nitrogens is 2. The lowest BCUT2D eigenvalue weighted by Gasteiger charge is -2.13. The van der Waals surface area contributed by atoms with Gasteiger partial charge >= 0.3 is 0 Å². The molecule has 1 aromatic carbocycles. The maximum Gasteiger partial charge on any atom is 0.277 e. The first kappa shape index (κ1) is 14.0. The average molecular weight is 304 g/mol. The van der Waals surface area contributed by atoms with Crippen LogP contribution in [0.25, 0.3) is 11.0 Å². The monoisotopic (exact) mass is 304 g/mol. The first-order valence-corrected chi connectivity index (χ1v) is 6.40. The predicted octanol–water partition coefficient (Wildman–Crippen LogP) is -0.112. The van der Waals surface area contributed by atoms with E-state index in [-0.39, 0.29) is 18.8 Å². The molecule has 0 spiro atoms. The number of aliphatic hydroxyl groups is 1. The summed E-state index contributed by atoms with van der Waals surface area (Å²) in [7, 11) is 1.49. The van der Waals surface area contributed by atoms with Crippen molar-refractivity contribution in [3.05, 3.63) is 23.9 Å². The van der Waals surface area contributed by atoms with Gasteiger partial charge in [0.1, 0.15) is 5.70 Å². The number of nitrogens with one attached hydrogen (secondary N) is 1. The summed E-state index contributed by atoms with van der Waals surface area (Å²) in [6.45, 7) is -0.346. The van der Waals surface area contributed by atoms with Gasteiger partial charge in [-0.1, -0.05) is 0 Å². The predicted molar refractivity (Wildman–Crippen MR) is 73.9 cm³/mol. The number of benzene rings is 1. The maximum absolute atomic E-state index is 12.1. The first-order chi connectivity index (χ1) is 10.7. The molecule has 1 aliphatic rings. The number of β-amino-alcohol motifs (C(OH)–C–C–N with tert-alkyl or cyclic N) is 1. The van der Waals surface area contributed by atoms with Crippen LogP contribution in [-0.2, 0) is 9.59 Å². The van der Waals surface area contributed by atoms with Crippen LogP contribution in [0.4, 0.5) is 5.69 Å². The summed E-state index contributed by atoms with van der Waals surface area (Å²) in [6.07, 6.45) is 1.17. The number of carbonyl (C=O) groups is 2. The van der Waals surface area contributed by atoms with Crippen LogP contribution in [0.1, 0.15) is 0 Å². The van der Waals surface area contributed by atoms with Crippen LogP contribution in [0, 0.1) is 0 Å². The zero-order valence-electron chi connectivity index (χ0n) is 11.6. The van der Waals surface area contributed by atoms with Crippen LogP contribution in [0.15, 0.2) is 28.5 Å². The number of hydrogen-bond donors (Lipinski definition) is 2. The largest absolute Gasteiger partial charge is 0.494 e. The van der Waals surface area contributed by atoms with Crippen molar-refractivity contribution in [3.63, 3.8) is 0 Å². The second-order valence-electron chi connectivity index (χ2n) is 4.48. The summed E-state index contributed by atoms with van der Waals surface area (Å²) in [5, 5.41) is 19.2. The number of anilines is 1. The molecule has 2 heterocycles. The van der Waals surface area contributed by atoms with E-state index in [9.17, 15) is 9.59 Å². The molecular weight excluding hydrogens is 292 g/mol. The van der Waals surface area contributed by atoms with Crippen LogP contribution in [0.2, 0.25) is 0 Å². The molecule has 0 radical (unpaired) electrons. The average Bonchev–Trinajstić information content (AvgIpc) is 3.09. The normalized spacial score (nSPS) is 14.6. The highest BCUT2D eigenvalue weighted by molar-refractivity contribution is 6.18. The van der Waals surface area contributed by atoms with Gasteiger partial charge in [-0.15, -0.1) is 0 Å². The van der Waals surface area contributed by atoms with Crippen molar-refractivity contribution in [1.82, 2.24) is 15.2 Å². The molecule has 2 aromatic rings. The van der Waals surface area contributed by atoms with Gasteiger partial charge < -0.3 is 15.2 Å². The van der Waals surface area contributed by atoms with E-state index in [0.717, 1.165) is 4.90 Å². The van der Waals surface area contributed by atoms with Gasteiger partial charge in [0.05, 0.1) is 25.9 Å². The van der Waals surface area contributed by atoms with E-state index >= 15 is 0 Å². The van der Waals surface area contributed by atoms with Gasteiger partial charge in [0.25, 0.3) is 11.8 Å². The molecule has 3 rings (SSSR count). The number of ether oxygens (including phenoxy) is 1. The van der Waals surface area contributed by atoms with Crippen LogP contribution in [0.3, 0.4) is 0 Å². The Kier molecular flexibility index (Phi) is 3.47. The van der Waals surface area contributed by atoms with Crippen molar-refractivity contribution in [2.24, 2.45) is 0 Å².